The van der Waals surface area contributed by atoms with Crippen LogP contribution in [-0.4, -0.2) is 17.8 Å². The molecule has 2 nitrogen and oxygen atoms in total. The molecule has 1 saturated heterocycles. The first-order valence-electron chi connectivity index (χ1n) is 7.25. The predicted octanol–water partition coefficient (Wildman–Crippen LogP) is 4.39. The summed E-state index contributed by atoms with van der Waals surface area (Å²) in [4.78, 5) is 13.3. The summed E-state index contributed by atoms with van der Waals surface area (Å²) in [6.45, 7) is 8.58. The summed E-state index contributed by atoms with van der Waals surface area (Å²) in [5.74, 6) is 1.29. The second kappa shape index (κ2) is 6.21. The van der Waals surface area contributed by atoms with Crippen LogP contribution in [0.1, 0.15) is 34.1 Å². The Balaban J connectivity index is 2.01. The summed E-state index contributed by atoms with van der Waals surface area (Å²) in [6.07, 6.45) is 0.932. The molecule has 2 rings (SSSR count). The number of ether oxygens (including phenoxy) is 1. The van der Waals surface area contributed by atoms with Gasteiger partial charge >= 0.3 is 5.97 Å². The lowest BCUT2D eigenvalue weighted by Gasteiger charge is -2.25. The predicted molar refractivity (Wildman–Crippen MR) is 83.8 cm³/mol. The van der Waals surface area contributed by atoms with Gasteiger partial charge in [0.25, 0.3) is 0 Å². The minimum atomic E-state index is -0.00825. The normalized spacial score (nSPS) is 26.6. The van der Waals surface area contributed by atoms with Crippen molar-refractivity contribution in [3.63, 3.8) is 0 Å². The number of cyclic esters (lactones) is 1. The molecule has 1 heterocycles. The Morgan fingerprint density at radius 1 is 1.20 bits per heavy atom. The van der Waals surface area contributed by atoms with Gasteiger partial charge in [0.05, 0.1) is 5.92 Å². The third kappa shape index (κ3) is 4.02. The van der Waals surface area contributed by atoms with Crippen molar-refractivity contribution < 1.29 is 9.53 Å². The summed E-state index contributed by atoms with van der Waals surface area (Å²) in [7, 11) is 0. The first-order valence-corrected chi connectivity index (χ1v) is 8.24. The van der Waals surface area contributed by atoms with Crippen molar-refractivity contribution in [2.75, 3.05) is 5.75 Å². The Morgan fingerprint density at radius 3 is 2.45 bits per heavy atom. The highest BCUT2D eigenvalue weighted by Gasteiger charge is 2.43. The third-order valence-electron chi connectivity index (χ3n) is 3.74. The van der Waals surface area contributed by atoms with E-state index < -0.39 is 0 Å². The molecular weight excluding hydrogens is 268 g/mol. The van der Waals surface area contributed by atoms with E-state index in [0.29, 0.717) is 5.92 Å². The molecule has 0 aromatic heterocycles. The van der Waals surface area contributed by atoms with Crippen LogP contribution < -0.4 is 0 Å². The minimum absolute atomic E-state index is 0.00825. The molecule has 110 valence electrons. The number of benzene rings is 1. The van der Waals surface area contributed by atoms with Crippen molar-refractivity contribution in [3.05, 3.63) is 30.3 Å². The van der Waals surface area contributed by atoms with Gasteiger partial charge in [-0.05, 0) is 30.9 Å². The molecule has 3 heteroatoms. The lowest BCUT2D eigenvalue weighted by Crippen LogP contribution is -2.26. The fourth-order valence-electron chi connectivity index (χ4n) is 2.72. The van der Waals surface area contributed by atoms with Gasteiger partial charge < -0.3 is 4.74 Å². The number of rotatable bonds is 4. The summed E-state index contributed by atoms with van der Waals surface area (Å²) in [6, 6.07) is 10.4. The molecule has 0 saturated carbocycles. The standard InChI is InChI=1S/C17H24O2S/c1-12-15(11-20-13-8-6-5-7-9-13)14(16(18)19-12)10-17(2,3)4/h5-9,12,14-15H,10-11H2,1-4H3/t12-,14+,15-/m1/s1. The number of carbonyl (C=O) groups is 1. The second-order valence-corrected chi connectivity index (χ2v) is 7.89. The van der Waals surface area contributed by atoms with Gasteiger partial charge in [-0.2, -0.15) is 0 Å². The molecule has 1 aromatic rings. The van der Waals surface area contributed by atoms with Crippen molar-refractivity contribution >= 4 is 17.7 Å². The zero-order chi connectivity index (χ0) is 14.8. The first-order chi connectivity index (χ1) is 9.37. The van der Waals surface area contributed by atoms with Gasteiger partial charge in [-0.25, -0.2) is 0 Å². The maximum absolute atomic E-state index is 12.1. The molecule has 0 spiro atoms. The quantitative estimate of drug-likeness (QED) is 0.608. The fourth-order valence-corrected chi connectivity index (χ4v) is 3.95. The Labute approximate surface area is 126 Å². The van der Waals surface area contributed by atoms with E-state index in [1.807, 2.05) is 24.8 Å². The molecular formula is C17H24O2S. The van der Waals surface area contributed by atoms with Gasteiger partial charge in [-0.3, -0.25) is 4.79 Å². The Morgan fingerprint density at radius 2 is 1.85 bits per heavy atom. The molecule has 0 bridgehead atoms. The highest BCUT2D eigenvalue weighted by molar-refractivity contribution is 7.99. The summed E-state index contributed by atoms with van der Waals surface area (Å²) >= 11 is 1.82. The van der Waals surface area contributed by atoms with E-state index in [1.165, 1.54) is 4.90 Å². The summed E-state index contributed by atoms with van der Waals surface area (Å²) in [5.41, 5.74) is 0.156. The number of esters is 1. The number of carbonyl (C=O) groups excluding carboxylic acids is 1. The highest BCUT2D eigenvalue weighted by Crippen LogP contribution is 2.39. The molecule has 0 radical (unpaired) electrons. The van der Waals surface area contributed by atoms with Crippen LogP contribution in [0.4, 0.5) is 0 Å². The molecule has 3 atom stereocenters. The fraction of sp³-hybridized carbons (Fsp3) is 0.588. The second-order valence-electron chi connectivity index (χ2n) is 6.80. The Bertz CT molecular complexity index is 450. The van der Waals surface area contributed by atoms with Crippen LogP contribution in [-0.2, 0) is 9.53 Å². The smallest absolute Gasteiger partial charge is 0.309 e. The van der Waals surface area contributed by atoms with Crippen LogP contribution in [0, 0.1) is 17.3 Å². The highest BCUT2D eigenvalue weighted by atomic mass is 32.2. The first kappa shape index (κ1) is 15.4. The van der Waals surface area contributed by atoms with Gasteiger partial charge in [0.1, 0.15) is 6.10 Å². The van der Waals surface area contributed by atoms with Gasteiger partial charge in [0, 0.05) is 16.6 Å². The van der Waals surface area contributed by atoms with Crippen molar-refractivity contribution in [1.29, 1.82) is 0 Å². The third-order valence-corrected chi connectivity index (χ3v) is 4.90. The van der Waals surface area contributed by atoms with Crippen molar-refractivity contribution in [2.24, 2.45) is 17.3 Å². The molecule has 0 amide bonds. The number of hydrogen-bond donors (Lipinski definition) is 0. The van der Waals surface area contributed by atoms with E-state index in [4.69, 9.17) is 4.74 Å². The molecule has 1 aliphatic rings. The number of thioether (sulfide) groups is 1. The average Bonchev–Trinajstić information content (AvgIpc) is 2.61. The van der Waals surface area contributed by atoms with Gasteiger partial charge in [0.15, 0.2) is 0 Å². The van der Waals surface area contributed by atoms with Crippen LogP contribution in [0.25, 0.3) is 0 Å². The zero-order valence-electron chi connectivity index (χ0n) is 12.8. The van der Waals surface area contributed by atoms with E-state index in [1.54, 1.807) is 0 Å². The van der Waals surface area contributed by atoms with E-state index in [9.17, 15) is 4.79 Å². The molecule has 1 fully saturated rings. The Kier molecular flexibility index (Phi) is 4.79. The SMILES string of the molecule is C[C@H]1OC(=O)[C@@H](CC(C)(C)C)[C@@H]1CSc1ccccc1. The van der Waals surface area contributed by atoms with E-state index >= 15 is 0 Å². The monoisotopic (exact) mass is 292 g/mol. The van der Waals surface area contributed by atoms with E-state index in [2.05, 4.69) is 45.0 Å². The van der Waals surface area contributed by atoms with Crippen LogP contribution >= 0.6 is 11.8 Å². The lowest BCUT2D eigenvalue weighted by atomic mass is 9.79. The van der Waals surface area contributed by atoms with Crippen molar-refractivity contribution in [1.82, 2.24) is 0 Å². The zero-order valence-corrected chi connectivity index (χ0v) is 13.6. The van der Waals surface area contributed by atoms with Gasteiger partial charge in [0.2, 0.25) is 0 Å². The molecule has 0 N–H and O–H groups in total. The van der Waals surface area contributed by atoms with Gasteiger partial charge in [-0.15, -0.1) is 11.8 Å². The van der Waals surface area contributed by atoms with E-state index in [0.717, 1.165) is 12.2 Å². The van der Waals surface area contributed by atoms with Crippen LogP contribution in [0.3, 0.4) is 0 Å². The molecule has 1 aliphatic heterocycles. The maximum Gasteiger partial charge on any atom is 0.309 e. The molecule has 20 heavy (non-hydrogen) atoms. The average molecular weight is 292 g/mol. The Hall–Kier alpha value is -0.960. The summed E-state index contributed by atoms with van der Waals surface area (Å²) in [5, 5.41) is 0. The summed E-state index contributed by atoms with van der Waals surface area (Å²) < 4.78 is 5.47. The van der Waals surface area contributed by atoms with Crippen LogP contribution in [0.5, 0.6) is 0 Å². The van der Waals surface area contributed by atoms with E-state index in [-0.39, 0.29) is 23.4 Å². The largest absolute Gasteiger partial charge is 0.462 e. The maximum atomic E-state index is 12.1. The van der Waals surface area contributed by atoms with Crippen molar-refractivity contribution in [3.8, 4) is 0 Å². The topological polar surface area (TPSA) is 26.3 Å². The van der Waals surface area contributed by atoms with Crippen molar-refractivity contribution in [2.45, 2.75) is 45.1 Å². The van der Waals surface area contributed by atoms with Crippen LogP contribution in [0.15, 0.2) is 35.2 Å². The molecule has 0 aliphatic carbocycles. The molecule has 1 aromatic carbocycles. The van der Waals surface area contributed by atoms with Gasteiger partial charge in [-0.1, -0.05) is 39.0 Å². The molecule has 0 unspecified atom stereocenters. The lowest BCUT2D eigenvalue weighted by molar-refractivity contribution is -0.144. The minimum Gasteiger partial charge on any atom is -0.462 e. The number of hydrogen-bond acceptors (Lipinski definition) is 3. The van der Waals surface area contributed by atoms with Crippen LogP contribution in [0.2, 0.25) is 0 Å².